The topological polar surface area (TPSA) is 61.3 Å². The molecule has 0 amide bonds. The van der Waals surface area contributed by atoms with E-state index >= 15 is 0 Å². The fourth-order valence-corrected chi connectivity index (χ4v) is 1.73. The van der Waals surface area contributed by atoms with Crippen LogP contribution in [-0.4, -0.2) is 41.8 Å². The first-order chi connectivity index (χ1) is 8.02. The lowest BCUT2D eigenvalue weighted by Crippen LogP contribution is -2.33. The first-order valence-electron chi connectivity index (χ1n) is 5.89. The predicted molar refractivity (Wildman–Crippen MR) is 70.6 cm³/mol. The lowest BCUT2D eigenvalue weighted by molar-refractivity contribution is 0.269. The molecule has 0 radical (unpaired) electrons. The summed E-state index contributed by atoms with van der Waals surface area (Å²) in [6.45, 7) is 6.29. The molecule has 0 bridgehead atoms. The number of aromatic nitrogens is 2. The van der Waals surface area contributed by atoms with Crippen LogP contribution < -0.4 is 10.2 Å². The van der Waals surface area contributed by atoms with Crippen LogP contribution in [0.4, 0.5) is 11.6 Å². The molecule has 0 saturated carbocycles. The maximum Gasteiger partial charge on any atom is 0.137 e. The molecule has 0 fully saturated rings. The molecule has 0 aliphatic heterocycles. The Morgan fingerprint density at radius 2 is 2.00 bits per heavy atom. The first kappa shape index (κ1) is 13.7. The highest BCUT2D eigenvalue weighted by atomic mass is 16.3. The van der Waals surface area contributed by atoms with Gasteiger partial charge in [0.05, 0.1) is 12.6 Å². The van der Waals surface area contributed by atoms with Crippen LogP contribution in [0.3, 0.4) is 0 Å². The Kier molecular flexibility index (Phi) is 4.69. The highest BCUT2D eigenvalue weighted by Crippen LogP contribution is 2.30. The third-order valence-electron chi connectivity index (χ3n) is 2.94. The number of likely N-dealkylation sites (N-methyl/N-ethyl adjacent to an activating group) is 1. The standard InChI is InChI=1S/C12H22N4O/c1-8(2)10-11(13-4)14-7-15-12(10)16(5)9(3)6-17/h7-9,17H,6H2,1-5H3,(H,13,14,15). The van der Waals surface area contributed by atoms with Crippen molar-refractivity contribution in [1.29, 1.82) is 0 Å². The van der Waals surface area contributed by atoms with Gasteiger partial charge in [0.1, 0.15) is 18.0 Å². The van der Waals surface area contributed by atoms with E-state index in [1.807, 2.05) is 25.9 Å². The number of nitrogens with one attached hydrogen (secondary N) is 1. The molecule has 0 saturated heterocycles. The molecular formula is C12H22N4O. The van der Waals surface area contributed by atoms with Crippen molar-refractivity contribution in [3.8, 4) is 0 Å². The Morgan fingerprint density at radius 1 is 1.35 bits per heavy atom. The quantitative estimate of drug-likeness (QED) is 0.813. The van der Waals surface area contributed by atoms with Crippen LogP contribution in [-0.2, 0) is 0 Å². The third kappa shape index (κ3) is 2.85. The molecule has 1 unspecified atom stereocenters. The summed E-state index contributed by atoms with van der Waals surface area (Å²) >= 11 is 0. The van der Waals surface area contributed by atoms with Gasteiger partial charge in [0.15, 0.2) is 0 Å². The normalized spacial score (nSPS) is 12.6. The second kappa shape index (κ2) is 5.82. The molecule has 0 aromatic carbocycles. The Hall–Kier alpha value is -1.36. The zero-order valence-corrected chi connectivity index (χ0v) is 11.2. The van der Waals surface area contributed by atoms with Crippen LogP contribution in [0, 0.1) is 0 Å². The van der Waals surface area contributed by atoms with Crippen LogP contribution in [0.2, 0.25) is 0 Å². The SMILES string of the molecule is CNc1ncnc(N(C)C(C)CO)c1C(C)C. The Bertz CT molecular complexity index is 368. The lowest BCUT2D eigenvalue weighted by Gasteiger charge is -2.28. The van der Waals surface area contributed by atoms with Crippen LogP contribution in [0.1, 0.15) is 32.3 Å². The minimum atomic E-state index is 0.0344. The molecule has 5 heteroatoms. The van der Waals surface area contributed by atoms with Gasteiger partial charge in [0.25, 0.3) is 0 Å². The summed E-state index contributed by atoms with van der Waals surface area (Å²) in [5.74, 6) is 2.05. The highest BCUT2D eigenvalue weighted by Gasteiger charge is 2.19. The molecule has 0 aliphatic carbocycles. The average Bonchev–Trinajstić information content (AvgIpc) is 2.35. The molecule has 1 aromatic rings. The van der Waals surface area contributed by atoms with Crippen LogP contribution in [0.15, 0.2) is 6.33 Å². The maximum atomic E-state index is 9.22. The summed E-state index contributed by atoms with van der Waals surface area (Å²) in [7, 11) is 3.79. The van der Waals surface area contributed by atoms with E-state index in [4.69, 9.17) is 0 Å². The van der Waals surface area contributed by atoms with Gasteiger partial charge in [-0.15, -0.1) is 0 Å². The van der Waals surface area contributed by atoms with Crippen molar-refractivity contribution in [2.24, 2.45) is 0 Å². The molecule has 0 spiro atoms. The third-order valence-corrected chi connectivity index (χ3v) is 2.94. The van der Waals surface area contributed by atoms with E-state index in [2.05, 4.69) is 29.1 Å². The number of hydrogen-bond acceptors (Lipinski definition) is 5. The maximum absolute atomic E-state index is 9.22. The predicted octanol–water partition coefficient (Wildman–Crippen LogP) is 1.46. The number of rotatable bonds is 5. The van der Waals surface area contributed by atoms with Gasteiger partial charge < -0.3 is 15.3 Å². The fourth-order valence-electron chi connectivity index (χ4n) is 1.73. The van der Waals surface area contributed by atoms with E-state index in [1.54, 1.807) is 6.33 Å². The van der Waals surface area contributed by atoms with Gasteiger partial charge >= 0.3 is 0 Å². The monoisotopic (exact) mass is 238 g/mol. The second-order valence-corrected chi connectivity index (χ2v) is 4.51. The van der Waals surface area contributed by atoms with Crippen molar-refractivity contribution in [2.75, 3.05) is 30.9 Å². The van der Waals surface area contributed by atoms with Gasteiger partial charge in [-0.1, -0.05) is 13.8 Å². The molecule has 17 heavy (non-hydrogen) atoms. The van der Waals surface area contributed by atoms with Gasteiger partial charge in [-0.05, 0) is 12.8 Å². The van der Waals surface area contributed by atoms with Gasteiger partial charge in [-0.2, -0.15) is 0 Å². The van der Waals surface area contributed by atoms with E-state index in [0.29, 0.717) is 5.92 Å². The minimum absolute atomic E-state index is 0.0344. The number of nitrogens with zero attached hydrogens (tertiary/aromatic N) is 3. The molecule has 1 aromatic heterocycles. The van der Waals surface area contributed by atoms with Gasteiger partial charge in [0, 0.05) is 19.7 Å². The molecule has 96 valence electrons. The number of anilines is 2. The van der Waals surface area contributed by atoms with Crippen LogP contribution in [0.5, 0.6) is 0 Å². The Morgan fingerprint density at radius 3 is 2.47 bits per heavy atom. The van der Waals surface area contributed by atoms with Gasteiger partial charge in [-0.3, -0.25) is 0 Å². The van der Waals surface area contributed by atoms with E-state index in [-0.39, 0.29) is 12.6 Å². The lowest BCUT2D eigenvalue weighted by atomic mass is 10.0. The first-order valence-corrected chi connectivity index (χ1v) is 5.89. The summed E-state index contributed by atoms with van der Waals surface area (Å²) in [5.41, 5.74) is 1.08. The fraction of sp³-hybridized carbons (Fsp3) is 0.667. The zero-order chi connectivity index (χ0) is 13.0. The van der Waals surface area contributed by atoms with Crippen LogP contribution in [0.25, 0.3) is 0 Å². The summed E-state index contributed by atoms with van der Waals surface area (Å²) in [6.07, 6.45) is 1.55. The van der Waals surface area contributed by atoms with Crippen molar-refractivity contribution in [3.63, 3.8) is 0 Å². The van der Waals surface area contributed by atoms with Crippen molar-refractivity contribution in [3.05, 3.63) is 11.9 Å². The highest BCUT2D eigenvalue weighted by molar-refractivity contribution is 5.60. The van der Waals surface area contributed by atoms with E-state index in [1.165, 1.54) is 0 Å². The molecule has 1 heterocycles. The summed E-state index contributed by atoms with van der Waals surface area (Å²) in [6, 6.07) is 0.0344. The van der Waals surface area contributed by atoms with Crippen molar-refractivity contribution >= 4 is 11.6 Å². The molecule has 0 aliphatic rings. The van der Waals surface area contributed by atoms with E-state index in [9.17, 15) is 5.11 Å². The molecule has 1 rings (SSSR count). The van der Waals surface area contributed by atoms with Crippen molar-refractivity contribution in [2.45, 2.75) is 32.7 Å². The number of hydrogen-bond donors (Lipinski definition) is 2. The molecule has 2 N–H and O–H groups in total. The van der Waals surface area contributed by atoms with E-state index in [0.717, 1.165) is 17.2 Å². The van der Waals surface area contributed by atoms with Gasteiger partial charge in [-0.25, -0.2) is 9.97 Å². The number of aliphatic hydroxyl groups is 1. The summed E-state index contributed by atoms with van der Waals surface area (Å²) < 4.78 is 0. The molecule has 5 nitrogen and oxygen atoms in total. The second-order valence-electron chi connectivity index (χ2n) is 4.51. The smallest absolute Gasteiger partial charge is 0.137 e. The molecular weight excluding hydrogens is 216 g/mol. The Labute approximate surface area is 103 Å². The van der Waals surface area contributed by atoms with Crippen molar-refractivity contribution < 1.29 is 5.11 Å². The van der Waals surface area contributed by atoms with Crippen LogP contribution >= 0.6 is 0 Å². The molecule has 1 atom stereocenters. The summed E-state index contributed by atoms with van der Waals surface area (Å²) in [5, 5.41) is 12.3. The average molecular weight is 238 g/mol. The van der Waals surface area contributed by atoms with Crippen molar-refractivity contribution in [1.82, 2.24) is 9.97 Å². The largest absolute Gasteiger partial charge is 0.394 e. The Balaban J connectivity index is 3.22. The summed E-state index contributed by atoms with van der Waals surface area (Å²) in [4.78, 5) is 10.6. The van der Waals surface area contributed by atoms with E-state index < -0.39 is 0 Å². The zero-order valence-electron chi connectivity index (χ0n) is 11.2. The minimum Gasteiger partial charge on any atom is -0.394 e. The number of aliphatic hydroxyl groups excluding tert-OH is 1. The van der Waals surface area contributed by atoms with Gasteiger partial charge in [0.2, 0.25) is 0 Å².